The zero-order chi connectivity index (χ0) is 23.0. The SMILES string of the molecule is CC=CCOc1ccc2cc(CCc3ccc(C4CCC(CCC)CC4)cc3)ccc2c1F. The van der Waals surface area contributed by atoms with Gasteiger partial charge in [-0.05, 0) is 85.4 Å². The quantitative estimate of drug-likeness (QED) is 0.300. The van der Waals surface area contributed by atoms with Crippen LogP contribution in [0.4, 0.5) is 4.39 Å². The molecule has 2 heteroatoms. The highest BCUT2D eigenvalue weighted by Crippen LogP contribution is 2.37. The zero-order valence-electron chi connectivity index (χ0n) is 20.2. The highest BCUT2D eigenvalue weighted by Gasteiger charge is 2.21. The first-order valence-electron chi connectivity index (χ1n) is 12.7. The maximum atomic E-state index is 14.8. The lowest BCUT2D eigenvalue weighted by atomic mass is 9.77. The number of allylic oxidation sites excluding steroid dienone is 1. The fraction of sp³-hybridized carbons (Fsp3) is 0.419. The van der Waals surface area contributed by atoms with Gasteiger partial charge in [0.25, 0.3) is 0 Å². The Hall–Kier alpha value is -2.61. The monoisotopic (exact) mass is 444 g/mol. The lowest BCUT2D eigenvalue weighted by molar-refractivity contribution is 0.308. The van der Waals surface area contributed by atoms with Crippen molar-refractivity contribution in [3.05, 3.63) is 89.3 Å². The third-order valence-corrected chi connectivity index (χ3v) is 7.25. The van der Waals surface area contributed by atoms with Gasteiger partial charge in [-0.15, -0.1) is 0 Å². The summed E-state index contributed by atoms with van der Waals surface area (Å²) in [7, 11) is 0. The van der Waals surface area contributed by atoms with Gasteiger partial charge < -0.3 is 4.74 Å². The second-order valence-electron chi connectivity index (χ2n) is 9.56. The van der Waals surface area contributed by atoms with E-state index in [1.165, 1.54) is 55.2 Å². The maximum Gasteiger partial charge on any atom is 0.172 e. The Balaban J connectivity index is 1.35. The lowest BCUT2D eigenvalue weighted by Gasteiger charge is -2.28. The van der Waals surface area contributed by atoms with Crippen molar-refractivity contribution >= 4 is 10.8 Å². The van der Waals surface area contributed by atoms with Crippen LogP contribution < -0.4 is 4.74 Å². The molecule has 0 amide bonds. The molecule has 0 saturated heterocycles. The summed E-state index contributed by atoms with van der Waals surface area (Å²) in [5, 5.41) is 1.55. The molecule has 3 aromatic rings. The molecule has 0 spiro atoms. The summed E-state index contributed by atoms with van der Waals surface area (Å²) in [6, 6.07) is 19.1. The molecule has 0 unspecified atom stereocenters. The molecule has 0 aromatic heterocycles. The molecular weight excluding hydrogens is 407 g/mol. The summed E-state index contributed by atoms with van der Waals surface area (Å²) >= 11 is 0. The second kappa shape index (κ2) is 11.5. The Morgan fingerprint density at radius 3 is 2.36 bits per heavy atom. The molecule has 4 rings (SSSR count). The van der Waals surface area contributed by atoms with Crippen LogP contribution in [0.15, 0.2) is 66.7 Å². The minimum Gasteiger partial charge on any atom is -0.486 e. The first-order valence-corrected chi connectivity index (χ1v) is 12.7. The third-order valence-electron chi connectivity index (χ3n) is 7.25. The summed E-state index contributed by atoms with van der Waals surface area (Å²) in [4.78, 5) is 0. The van der Waals surface area contributed by atoms with Crippen LogP contribution in [0.1, 0.15) is 75.0 Å². The van der Waals surface area contributed by atoms with E-state index in [1.54, 1.807) is 6.07 Å². The van der Waals surface area contributed by atoms with Crippen LogP contribution in [0, 0.1) is 11.7 Å². The van der Waals surface area contributed by atoms with Gasteiger partial charge in [0.1, 0.15) is 6.61 Å². The molecule has 0 radical (unpaired) electrons. The molecule has 3 aromatic carbocycles. The fourth-order valence-corrected chi connectivity index (χ4v) is 5.26. The Labute approximate surface area is 198 Å². The van der Waals surface area contributed by atoms with Gasteiger partial charge in [0, 0.05) is 5.39 Å². The lowest BCUT2D eigenvalue weighted by Crippen LogP contribution is -2.13. The van der Waals surface area contributed by atoms with E-state index in [0.29, 0.717) is 17.7 Å². The standard InChI is InChI=1S/C31H37FO/c1-3-5-21-33-30-20-18-28-22-25(13-19-29(28)31(30)32)8-7-24-11-16-27(17-12-24)26-14-9-23(6-4-2)10-15-26/h3,5,11-13,16-20,22-23,26H,4,6-10,14-15,21H2,1-2H3. The topological polar surface area (TPSA) is 9.23 Å². The average molecular weight is 445 g/mol. The predicted octanol–water partition coefficient (Wildman–Crippen LogP) is 8.79. The summed E-state index contributed by atoms with van der Waals surface area (Å²) in [5.74, 6) is 1.74. The second-order valence-corrected chi connectivity index (χ2v) is 9.56. The highest BCUT2D eigenvalue weighted by atomic mass is 19.1. The number of halogens is 1. The minimum atomic E-state index is -0.275. The molecule has 0 N–H and O–H groups in total. The average Bonchev–Trinajstić information content (AvgIpc) is 2.85. The molecule has 1 aliphatic carbocycles. The normalized spacial score (nSPS) is 18.8. The van der Waals surface area contributed by atoms with Crippen LogP contribution in [-0.2, 0) is 12.8 Å². The smallest absolute Gasteiger partial charge is 0.172 e. The summed E-state index contributed by atoms with van der Waals surface area (Å²) < 4.78 is 20.3. The van der Waals surface area contributed by atoms with Crippen LogP contribution in [0.3, 0.4) is 0 Å². The van der Waals surface area contributed by atoms with Crippen molar-refractivity contribution in [3.63, 3.8) is 0 Å². The van der Waals surface area contributed by atoms with Crippen molar-refractivity contribution in [1.29, 1.82) is 0 Å². The van der Waals surface area contributed by atoms with Gasteiger partial charge in [0.15, 0.2) is 11.6 Å². The van der Waals surface area contributed by atoms with E-state index in [2.05, 4.69) is 37.3 Å². The van der Waals surface area contributed by atoms with Crippen LogP contribution in [0.25, 0.3) is 10.8 Å². The van der Waals surface area contributed by atoms with Crippen molar-refractivity contribution in [2.45, 2.75) is 71.1 Å². The molecule has 33 heavy (non-hydrogen) atoms. The molecule has 0 atom stereocenters. The Morgan fingerprint density at radius 2 is 1.64 bits per heavy atom. The number of fused-ring (bicyclic) bond motifs is 1. The van der Waals surface area contributed by atoms with Crippen molar-refractivity contribution in [3.8, 4) is 5.75 Å². The summed E-state index contributed by atoms with van der Waals surface area (Å²) in [6.45, 7) is 4.62. The van der Waals surface area contributed by atoms with Gasteiger partial charge in [-0.1, -0.05) is 80.4 Å². The third kappa shape index (κ3) is 6.05. The molecule has 0 aliphatic heterocycles. The molecule has 174 valence electrons. The highest BCUT2D eigenvalue weighted by molar-refractivity contribution is 5.85. The minimum absolute atomic E-state index is 0.275. The van der Waals surface area contributed by atoms with E-state index in [1.807, 2.05) is 37.3 Å². The van der Waals surface area contributed by atoms with Crippen molar-refractivity contribution < 1.29 is 9.13 Å². The number of hydrogen-bond acceptors (Lipinski definition) is 1. The molecule has 0 heterocycles. The molecular formula is C31H37FO. The Bertz CT molecular complexity index is 1060. The van der Waals surface area contributed by atoms with E-state index < -0.39 is 0 Å². The fourth-order valence-electron chi connectivity index (χ4n) is 5.26. The molecule has 1 nitrogen and oxygen atoms in total. The number of aryl methyl sites for hydroxylation is 2. The number of benzene rings is 3. The van der Waals surface area contributed by atoms with Crippen LogP contribution in [0.2, 0.25) is 0 Å². The molecule has 0 bridgehead atoms. The first-order chi connectivity index (χ1) is 16.2. The maximum absolute atomic E-state index is 14.8. The van der Waals surface area contributed by atoms with Gasteiger partial charge >= 0.3 is 0 Å². The number of hydrogen-bond donors (Lipinski definition) is 0. The van der Waals surface area contributed by atoms with Crippen LogP contribution in [0.5, 0.6) is 5.75 Å². The van der Waals surface area contributed by atoms with Crippen molar-refractivity contribution in [2.24, 2.45) is 5.92 Å². The van der Waals surface area contributed by atoms with Crippen molar-refractivity contribution in [2.75, 3.05) is 6.61 Å². The summed E-state index contributed by atoms with van der Waals surface area (Å²) in [5.41, 5.74) is 4.13. The van der Waals surface area contributed by atoms with E-state index in [4.69, 9.17) is 4.74 Å². The van der Waals surface area contributed by atoms with Crippen LogP contribution >= 0.6 is 0 Å². The van der Waals surface area contributed by atoms with Gasteiger partial charge in [-0.25, -0.2) is 4.39 Å². The van der Waals surface area contributed by atoms with Gasteiger partial charge in [-0.2, -0.15) is 0 Å². The van der Waals surface area contributed by atoms with E-state index >= 15 is 0 Å². The van der Waals surface area contributed by atoms with Crippen molar-refractivity contribution in [1.82, 2.24) is 0 Å². The van der Waals surface area contributed by atoms with Gasteiger partial charge in [-0.3, -0.25) is 0 Å². The largest absolute Gasteiger partial charge is 0.486 e. The molecule has 1 fully saturated rings. The van der Waals surface area contributed by atoms with E-state index in [-0.39, 0.29) is 5.82 Å². The number of rotatable bonds is 9. The first kappa shape index (κ1) is 23.5. The zero-order valence-corrected chi connectivity index (χ0v) is 20.2. The summed E-state index contributed by atoms with van der Waals surface area (Å²) in [6.07, 6.45) is 13.9. The van der Waals surface area contributed by atoms with Gasteiger partial charge in [0.2, 0.25) is 0 Å². The predicted molar refractivity (Wildman–Crippen MR) is 138 cm³/mol. The van der Waals surface area contributed by atoms with E-state index in [0.717, 1.165) is 30.1 Å². The molecule has 1 aliphatic rings. The molecule has 1 saturated carbocycles. The number of ether oxygens (including phenoxy) is 1. The van der Waals surface area contributed by atoms with Gasteiger partial charge in [0.05, 0.1) is 0 Å². The van der Waals surface area contributed by atoms with E-state index in [9.17, 15) is 4.39 Å². The Kier molecular flexibility index (Phi) is 8.20. The Morgan fingerprint density at radius 1 is 0.909 bits per heavy atom. The van der Waals surface area contributed by atoms with Crippen LogP contribution in [-0.4, -0.2) is 6.61 Å².